The number of nitrogens with zero attached hydrogens (tertiary/aromatic N) is 3. The summed E-state index contributed by atoms with van der Waals surface area (Å²) in [5.41, 5.74) is 3.86. The number of nitrogens with one attached hydrogen (secondary N) is 1. The standard InChI is InChI=1S/C18H28N4O/c1-21-10-13-6-7-14(12-21)22(11-13)18(23)9-8-17-15-4-2-3-5-16(15)19-20-17/h13-14H,2-12H2,1H3,(H,19,20). The average Bonchev–Trinajstić information content (AvgIpc) is 2.79. The summed E-state index contributed by atoms with van der Waals surface area (Å²) in [6, 6.07) is 0.430. The van der Waals surface area contributed by atoms with E-state index in [1.807, 2.05) is 0 Å². The van der Waals surface area contributed by atoms with Crippen molar-refractivity contribution in [1.29, 1.82) is 0 Å². The molecule has 126 valence electrons. The van der Waals surface area contributed by atoms with Gasteiger partial charge in [-0.05, 0) is 57.1 Å². The fourth-order valence-electron chi connectivity index (χ4n) is 4.75. The van der Waals surface area contributed by atoms with E-state index >= 15 is 0 Å². The normalized spacial score (nSPS) is 27.8. The fraction of sp³-hybridized carbons (Fsp3) is 0.778. The van der Waals surface area contributed by atoms with E-state index < -0.39 is 0 Å². The molecule has 2 atom stereocenters. The van der Waals surface area contributed by atoms with Gasteiger partial charge in [0.1, 0.15) is 0 Å². The smallest absolute Gasteiger partial charge is 0.223 e. The summed E-state index contributed by atoms with van der Waals surface area (Å²) >= 11 is 0. The topological polar surface area (TPSA) is 52.2 Å². The maximum Gasteiger partial charge on any atom is 0.223 e. The van der Waals surface area contributed by atoms with Gasteiger partial charge in [-0.3, -0.25) is 9.89 Å². The van der Waals surface area contributed by atoms with Gasteiger partial charge in [-0.2, -0.15) is 5.10 Å². The van der Waals surface area contributed by atoms with Gasteiger partial charge in [0.2, 0.25) is 5.91 Å². The highest BCUT2D eigenvalue weighted by Gasteiger charge is 2.35. The Morgan fingerprint density at radius 2 is 2.09 bits per heavy atom. The van der Waals surface area contributed by atoms with Crippen LogP contribution in [-0.4, -0.2) is 58.6 Å². The highest BCUT2D eigenvalue weighted by molar-refractivity contribution is 5.77. The molecular formula is C18H28N4O. The Balaban J connectivity index is 1.39. The van der Waals surface area contributed by atoms with Crippen molar-refractivity contribution in [3.05, 3.63) is 17.0 Å². The largest absolute Gasteiger partial charge is 0.338 e. The van der Waals surface area contributed by atoms with Crippen LogP contribution < -0.4 is 0 Å². The molecule has 0 saturated carbocycles. The van der Waals surface area contributed by atoms with Crippen molar-refractivity contribution in [2.45, 2.75) is 57.4 Å². The second-order valence-corrected chi connectivity index (χ2v) is 7.70. The first-order valence-electron chi connectivity index (χ1n) is 9.23. The summed E-state index contributed by atoms with van der Waals surface area (Å²) in [6.07, 6.45) is 8.66. The third-order valence-electron chi connectivity index (χ3n) is 5.93. The number of aromatic nitrogens is 2. The minimum atomic E-state index is 0.336. The Hall–Kier alpha value is -1.36. The van der Waals surface area contributed by atoms with Gasteiger partial charge in [-0.15, -0.1) is 0 Å². The van der Waals surface area contributed by atoms with Crippen molar-refractivity contribution in [3.8, 4) is 0 Å². The number of carbonyl (C=O) groups is 1. The molecule has 5 heteroatoms. The number of rotatable bonds is 3. The first-order chi connectivity index (χ1) is 11.2. The highest BCUT2D eigenvalue weighted by atomic mass is 16.2. The van der Waals surface area contributed by atoms with E-state index in [0.29, 0.717) is 24.3 Å². The Bertz CT molecular complexity index is 582. The molecule has 2 bridgehead atoms. The van der Waals surface area contributed by atoms with Gasteiger partial charge in [0.15, 0.2) is 0 Å². The Morgan fingerprint density at radius 3 is 3.00 bits per heavy atom. The van der Waals surface area contributed by atoms with Crippen LogP contribution in [-0.2, 0) is 24.1 Å². The van der Waals surface area contributed by atoms with Crippen LogP contribution in [0.15, 0.2) is 0 Å². The molecular weight excluding hydrogens is 288 g/mol. The molecule has 0 spiro atoms. The Kier molecular flexibility index (Phi) is 4.14. The molecule has 3 saturated heterocycles. The van der Waals surface area contributed by atoms with Crippen molar-refractivity contribution >= 4 is 5.91 Å². The molecule has 1 aliphatic carbocycles. The number of hydrogen-bond acceptors (Lipinski definition) is 3. The lowest BCUT2D eigenvalue weighted by atomic mass is 9.93. The SMILES string of the molecule is CN1CC2CCC(C1)N(C(=O)CCc1n[nH]c3c1CCCC3)C2. The second-order valence-electron chi connectivity index (χ2n) is 7.70. The molecule has 5 nitrogen and oxygen atoms in total. The van der Waals surface area contributed by atoms with Crippen LogP contribution in [0.1, 0.15) is 49.1 Å². The van der Waals surface area contributed by atoms with Crippen molar-refractivity contribution in [2.24, 2.45) is 5.92 Å². The summed E-state index contributed by atoms with van der Waals surface area (Å²) in [5.74, 6) is 1.00. The fourth-order valence-corrected chi connectivity index (χ4v) is 4.75. The third kappa shape index (κ3) is 3.03. The predicted molar refractivity (Wildman–Crippen MR) is 89.3 cm³/mol. The van der Waals surface area contributed by atoms with Gasteiger partial charge in [-0.1, -0.05) is 0 Å². The lowest BCUT2D eigenvalue weighted by Gasteiger charge is -2.36. The molecule has 1 amide bonds. The highest BCUT2D eigenvalue weighted by Crippen LogP contribution is 2.28. The summed E-state index contributed by atoms with van der Waals surface area (Å²) in [6.45, 7) is 3.15. The van der Waals surface area contributed by atoms with Crippen LogP contribution >= 0.6 is 0 Å². The van der Waals surface area contributed by atoms with E-state index in [-0.39, 0.29) is 0 Å². The van der Waals surface area contributed by atoms with Gasteiger partial charge >= 0.3 is 0 Å². The molecule has 4 heterocycles. The van der Waals surface area contributed by atoms with Crippen LogP contribution in [0, 0.1) is 5.92 Å². The third-order valence-corrected chi connectivity index (χ3v) is 5.93. The molecule has 2 unspecified atom stereocenters. The number of piperidine rings is 1. The van der Waals surface area contributed by atoms with Crippen LogP contribution in [0.3, 0.4) is 0 Å². The van der Waals surface area contributed by atoms with Gasteiger partial charge in [0, 0.05) is 44.2 Å². The van der Waals surface area contributed by atoms with Crippen LogP contribution in [0.25, 0.3) is 0 Å². The number of hydrogen-bond donors (Lipinski definition) is 1. The molecule has 0 radical (unpaired) electrons. The van der Waals surface area contributed by atoms with Crippen LogP contribution in [0.4, 0.5) is 0 Å². The molecule has 3 fully saturated rings. The van der Waals surface area contributed by atoms with Gasteiger partial charge in [0.05, 0.1) is 5.69 Å². The van der Waals surface area contributed by atoms with Crippen molar-refractivity contribution in [2.75, 3.05) is 26.7 Å². The van der Waals surface area contributed by atoms with E-state index in [1.165, 1.54) is 36.9 Å². The molecule has 5 rings (SSSR count). The van der Waals surface area contributed by atoms with E-state index in [0.717, 1.165) is 44.6 Å². The lowest BCUT2D eigenvalue weighted by Crippen LogP contribution is -2.47. The summed E-state index contributed by atoms with van der Waals surface area (Å²) in [5, 5.41) is 7.68. The zero-order chi connectivity index (χ0) is 15.8. The van der Waals surface area contributed by atoms with Crippen molar-refractivity contribution < 1.29 is 4.79 Å². The molecule has 1 N–H and O–H groups in total. The summed E-state index contributed by atoms with van der Waals surface area (Å²) < 4.78 is 0. The Morgan fingerprint density at radius 1 is 1.22 bits per heavy atom. The van der Waals surface area contributed by atoms with Crippen LogP contribution in [0.5, 0.6) is 0 Å². The molecule has 0 aromatic carbocycles. The average molecular weight is 316 g/mol. The monoisotopic (exact) mass is 316 g/mol. The molecule has 3 aliphatic heterocycles. The molecule has 1 aromatic rings. The number of fused-ring (bicyclic) bond motifs is 5. The number of likely N-dealkylation sites (N-methyl/N-ethyl adjacent to an activating group) is 1. The number of carbonyl (C=O) groups excluding carboxylic acids is 1. The van der Waals surface area contributed by atoms with E-state index in [1.54, 1.807) is 0 Å². The van der Waals surface area contributed by atoms with Gasteiger partial charge in [-0.25, -0.2) is 0 Å². The number of H-pyrrole nitrogens is 1. The summed E-state index contributed by atoms with van der Waals surface area (Å²) in [7, 11) is 2.19. The zero-order valence-corrected chi connectivity index (χ0v) is 14.2. The van der Waals surface area contributed by atoms with E-state index in [4.69, 9.17) is 0 Å². The maximum atomic E-state index is 12.8. The van der Waals surface area contributed by atoms with Gasteiger partial charge < -0.3 is 9.80 Å². The van der Waals surface area contributed by atoms with Crippen molar-refractivity contribution in [1.82, 2.24) is 20.0 Å². The maximum absolute atomic E-state index is 12.8. The number of amides is 1. The first-order valence-corrected chi connectivity index (χ1v) is 9.23. The van der Waals surface area contributed by atoms with E-state index in [9.17, 15) is 4.79 Å². The Labute approximate surface area is 138 Å². The minimum Gasteiger partial charge on any atom is -0.338 e. The summed E-state index contributed by atoms with van der Waals surface area (Å²) in [4.78, 5) is 17.4. The minimum absolute atomic E-state index is 0.336. The van der Waals surface area contributed by atoms with E-state index in [2.05, 4.69) is 27.0 Å². The quantitative estimate of drug-likeness (QED) is 0.925. The van der Waals surface area contributed by atoms with Crippen molar-refractivity contribution in [3.63, 3.8) is 0 Å². The predicted octanol–water partition coefficient (Wildman–Crippen LogP) is 1.77. The molecule has 4 aliphatic rings. The number of aryl methyl sites for hydroxylation is 2. The lowest BCUT2D eigenvalue weighted by molar-refractivity contribution is -0.135. The van der Waals surface area contributed by atoms with Crippen LogP contribution in [0.2, 0.25) is 0 Å². The number of aromatic amines is 1. The molecule has 23 heavy (non-hydrogen) atoms. The second kappa shape index (κ2) is 6.27. The van der Waals surface area contributed by atoms with Gasteiger partial charge in [0.25, 0.3) is 0 Å². The first kappa shape index (κ1) is 15.2. The zero-order valence-electron chi connectivity index (χ0n) is 14.2. The molecule has 1 aromatic heterocycles.